The molecular formula is C20H38O9Si2. The summed E-state index contributed by atoms with van der Waals surface area (Å²) in [5, 5.41) is 16.9. The van der Waals surface area contributed by atoms with Gasteiger partial charge in [0.05, 0.1) is 13.2 Å². The van der Waals surface area contributed by atoms with Gasteiger partial charge in [0.2, 0.25) is 0 Å². The van der Waals surface area contributed by atoms with Crippen LogP contribution < -0.4 is 0 Å². The molecule has 0 radical (unpaired) electrons. The van der Waals surface area contributed by atoms with Crippen LogP contribution in [0.5, 0.6) is 0 Å². The molecule has 9 nitrogen and oxygen atoms in total. The standard InChI is InChI=1S/C18H30O9Si2.2CH4/c1-28(2,13-5-11-25-17(23)9-7-15(19)20)27-29(3,4)14-6-12-26-18(24)10-8-16(21)22;;/h7-10H,5-6,11-14H2,1-4H3,(H,19,20)(H,21,22);2*1H4/b9-7-,10-8-;;. The van der Waals surface area contributed by atoms with Crippen LogP contribution in [0.25, 0.3) is 0 Å². The van der Waals surface area contributed by atoms with Crippen molar-refractivity contribution in [2.75, 3.05) is 13.2 Å². The van der Waals surface area contributed by atoms with E-state index in [0.717, 1.165) is 36.4 Å². The molecule has 0 atom stereocenters. The highest BCUT2D eigenvalue weighted by atomic mass is 28.4. The van der Waals surface area contributed by atoms with Crippen LogP contribution in [-0.2, 0) is 32.8 Å². The normalized spacial score (nSPS) is 11.5. The van der Waals surface area contributed by atoms with Gasteiger partial charge in [-0.25, -0.2) is 19.2 Å². The maximum absolute atomic E-state index is 11.3. The third-order valence-corrected chi connectivity index (χ3v) is 11.1. The molecule has 0 aromatic heterocycles. The lowest BCUT2D eigenvalue weighted by Crippen LogP contribution is -2.44. The third kappa shape index (κ3) is 20.8. The highest BCUT2D eigenvalue weighted by Crippen LogP contribution is 2.23. The van der Waals surface area contributed by atoms with E-state index in [2.05, 4.69) is 26.2 Å². The minimum absolute atomic E-state index is 0. The van der Waals surface area contributed by atoms with Gasteiger partial charge >= 0.3 is 23.9 Å². The van der Waals surface area contributed by atoms with Crippen molar-refractivity contribution < 1.29 is 43.0 Å². The van der Waals surface area contributed by atoms with Crippen molar-refractivity contribution in [2.45, 2.75) is 66.0 Å². The number of carboxylic acids is 2. The van der Waals surface area contributed by atoms with Gasteiger partial charge in [-0.05, 0) is 51.1 Å². The van der Waals surface area contributed by atoms with E-state index in [-0.39, 0.29) is 28.1 Å². The molecule has 0 aliphatic heterocycles. The van der Waals surface area contributed by atoms with Gasteiger partial charge in [0.25, 0.3) is 0 Å². The molecule has 0 saturated carbocycles. The second-order valence-electron chi connectivity index (χ2n) is 7.51. The number of carbonyl (C=O) groups excluding carboxylic acids is 2. The Morgan fingerprint density at radius 2 is 1.00 bits per heavy atom. The number of aliphatic carboxylic acids is 2. The van der Waals surface area contributed by atoms with E-state index < -0.39 is 40.5 Å². The Bertz CT molecular complexity index is 587. The van der Waals surface area contributed by atoms with Crippen molar-refractivity contribution in [3.05, 3.63) is 24.3 Å². The fourth-order valence-corrected chi connectivity index (χ4v) is 11.4. The summed E-state index contributed by atoms with van der Waals surface area (Å²) < 4.78 is 16.3. The van der Waals surface area contributed by atoms with Crippen molar-refractivity contribution in [3.63, 3.8) is 0 Å². The highest BCUT2D eigenvalue weighted by Gasteiger charge is 2.32. The first-order chi connectivity index (χ1) is 13.3. The molecule has 0 aromatic rings. The van der Waals surface area contributed by atoms with Crippen LogP contribution in [0.3, 0.4) is 0 Å². The lowest BCUT2D eigenvalue weighted by molar-refractivity contribution is -0.139. The maximum atomic E-state index is 11.3. The smallest absolute Gasteiger partial charge is 0.331 e. The minimum atomic E-state index is -1.98. The lowest BCUT2D eigenvalue weighted by Gasteiger charge is -2.34. The zero-order chi connectivity index (χ0) is 22.5. The molecule has 31 heavy (non-hydrogen) atoms. The summed E-state index contributed by atoms with van der Waals surface area (Å²) in [6, 6.07) is 1.57. The minimum Gasteiger partial charge on any atom is -0.478 e. The topological polar surface area (TPSA) is 136 Å². The zero-order valence-corrected chi connectivity index (χ0v) is 19.3. The average Bonchev–Trinajstić information content (AvgIpc) is 2.58. The summed E-state index contributed by atoms with van der Waals surface area (Å²) in [4.78, 5) is 43.3. The van der Waals surface area contributed by atoms with Gasteiger partial charge in [-0.15, -0.1) is 0 Å². The Kier molecular flexibility index (Phi) is 17.7. The van der Waals surface area contributed by atoms with E-state index in [1.807, 2.05) is 0 Å². The predicted octanol–water partition coefficient (Wildman–Crippen LogP) is 3.83. The van der Waals surface area contributed by atoms with Crippen molar-refractivity contribution in [3.8, 4) is 0 Å². The van der Waals surface area contributed by atoms with Gasteiger partial charge in [0.1, 0.15) is 0 Å². The van der Waals surface area contributed by atoms with Gasteiger partial charge in [-0.2, -0.15) is 0 Å². The molecule has 11 heteroatoms. The van der Waals surface area contributed by atoms with E-state index in [9.17, 15) is 19.2 Å². The van der Waals surface area contributed by atoms with Crippen molar-refractivity contribution >= 4 is 40.5 Å². The second kappa shape index (κ2) is 16.4. The molecule has 0 aliphatic carbocycles. The first-order valence-corrected chi connectivity index (χ1v) is 15.4. The maximum Gasteiger partial charge on any atom is 0.331 e. The first-order valence-electron chi connectivity index (χ1n) is 9.19. The van der Waals surface area contributed by atoms with Crippen LogP contribution >= 0.6 is 0 Å². The second-order valence-corrected chi connectivity index (χ2v) is 16.4. The Morgan fingerprint density at radius 1 is 0.677 bits per heavy atom. The Hall–Kier alpha value is -2.25. The number of rotatable bonds is 14. The molecule has 0 saturated heterocycles. The van der Waals surface area contributed by atoms with Gasteiger partial charge < -0.3 is 23.8 Å². The van der Waals surface area contributed by atoms with Gasteiger partial charge in [-0.1, -0.05) is 14.9 Å². The number of carbonyl (C=O) groups is 4. The summed E-state index contributed by atoms with van der Waals surface area (Å²) in [5.41, 5.74) is 0. The van der Waals surface area contributed by atoms with Crippen LogP contribution in [0.2, 0.25) is 38.3 Å². The summed E-state index contributed by atoms with van der Waals surface area (Å²) in [6.45, 7) is 8.75. The Labute approximate surface area is 187 Å². The fraction of sp³-hybridized carbons (Fsp3) is 0.600. The molecule has 180 valence electrons. The molecule has 0 heterocycles. The van der Waals surface area contributed by atoms with Crippen LogP contribution in [0, 0.1) is 0 Å². The van der Waals surface area contributed by atoms with E-state index in [1.165, 1.54) is 0 Å². The summed E-state index contributed by atoms with van der Waals surface area (Å²) in [5.74, 6) is -3.78. The molecule has 0 rings (SSSR count). The average molecular weight is 479 g/mol. The number of hydrogen-bond acceptors (Lipinski definition) is 7. The molecule has 0 unspecified atom stereocenters. The number of esters is 2. The largest absolute Gasteiger partial charge is 0.478 e. The van der Waals surface area contributed by atoms with Crippen molar-refractivity contribution in [2.24, 2.45) is 0 Å². The fourth-order valence-electron chi connectivity index (χ4n) is 2.57. The van der Waals surface area contributed by atoms with Crippen LogP contribution in [0.1, 0.15) is 27.7 Å². The molecule has 2 N–H and O–H groups in total. The number of carboxylic acid groups (broad SMARTS) is 2. The zero-order valence-electron chi connectivity index (χ0n) is 17.3. The van der Waals surface area contributed by atoms with Gasteiger partial charge in [0, 0.05) is 24.3 Å². The number of ether oxygens (including phenoxy) is 2. The lowest BCUT2D eigenvalue weighted by atomic mass is 10.5. The third-order valence-electron chi connectivity index (χ3n) is 3.61. The van der Waals surface area contributed by atoms with Crippen molar-refractivity contribution in [1.29, 1.82) is 0 Å². The van der Waals surface area contributed by atoms with E-state index >= 15 is 0 Å². The van der Waals surface area contributed by atoms with Crippen LogP contribution in [0.15, 0.2) is 24.3 Å². The summed E-state index contributed by atoms with van der Waals surface area (Å²) >= 11 is 0. The van der Waals surface area contributed by atoms with Gasteiger partial charge in [-0.3, -0.25) is 0 Å². The number of hydrogen-bond donors (Lipinski definition) is 2. The summed E-state index contributed by atoms with van der Waals surface area (Å²) in [6.07, 6.45) is 4.48. The van der Waals surface area contributed by atoms with Crippen molar-refractivity contribution in [1.82, 2.24) is 0 Å². The molecule has 0 aliphatic rings. The van der Waals surface area contributed by atoms with E-state index in [0.29, 0.717) is 12.8 Å². The van der Waals surface area contributed by atoms with E-state index in [4.69, 9.17) is 23.8 Å². The predicted molar refractivity (Wildman–Crippen MR) is 124 cm³/mol. The molecule has 0 aromatic carbocycles. The highest BCUT2D eigenvalue weighted by molar-refractivity contribution is 6.84. The monoisotopic (exact) mass is 478 g/mol. The first kappa shape index (κ1) is 33.4. The quantitative estimate of drug-likeness (QED) is 0.165. The summed E-state index contributed by atoms with van der Waals surface area (Å²) in [7, 11) is -3.96. The van der Waals surface area contributed by atoms with Crippen LogP contribution in [-0.4, -0.2) is 63.9 Å². The molecule has 0 fully saturated rings. The van der Waals surface area contributed by atoms with Gasteiger partial charge in [0.15, 0.2) is 16.6 Å². The SMILES string of the molecule is C.C.C[Si](C)(CCCOC(=O)/C=C\C(=O)O)O[Si](C)(C)CCCOC(=O)/C=C\C(=O)O. The molecule has 0 amide bonds. The van der Waals surface area contributed by atoms with E-state index in [1.54, 1.807) is 0 Å². The molecular weight excluding hydrogens is 440 g/mol. The van der Waals surface area contributed by atoms with Crippen LogP contribution in [0.4, 0.5) is 0 Å². The molecule has 0 bridgehead atoms. The Balaban J connectivity index is -0.00000392. The Morgan fingerprint density at radius 3 is 1.29 bits per heavy atom. The molecule has 0 spiro atoms.